The molecule has 6 heteroatoms. The number of likely N-dealkylation sites (N-methyl/N-ethyl adjacent to an activating group) is 1. The highest BCUT2D eigenvalue weighted by Crippen LogP contribution is 2.22. The summed E-state index contributed by atoms with van der Waals surface area (Å²) in [6.45, 7) is 0.643. The van der Waals surface area contributed by atoms with E-state index in [0.29, 0.717) is 6.54 Å². The minimum atomic E-state index is -0.325. The van der Waals surface area contributed by atoms with Crippen molar-refractivity contribution in [3.8, 4) is 0 Å². The van der Waals surface area contributed by atoms with E-state index < -0.39 is 0 Å². The van der Waals surface area contributed by atoms with Crippen molar-refractivity contribution in [3.63, 3.8) is 0 Å². The Morgan fingerprint density at radius 3 is 2.55 bits per heavy atom. The largest absolute Gasteiger partial charge is 0.347 e. The van der Waals surface area contributed by atoms with Crippen molar-refractivity contribution < 1.29 is 9.59 Å². The van der Waals surface area contributed by atoms with Crippen LogP contribution in [0.2, 0.25) is 0 Å². The van der Waals surface area contributed by atoms with Crippen LogP contribution in [-0.4, -0.2) is 48.3 Å². The van der Waals surface area contributed by atoms with Crippen LogP contribution in [0.1, 0.15) is 30.9 Å². The van der Waals surface area contributed by atoms with Gasteiger partial charge in [0.05, 0.1) is 0 Å². The summed E-state index contributed by atoms with van der Waals surface area (Å²) in [6, 6.07) is 8.94. The third-order valence-corrected chi connectivity index (χ3v) is 3.92. The van der Waals surface area contributed by atoms with E-state index in [9.17, 15) is 9.59 Å². The third kappa shape index (κ3) is 4.21. The lowest BCUT2D eigenvalue weighted by Crippen LogP contribution is -2.46. The molecule has 0 saturated carbocycles. The van der Waals surface area contributed by atoms with Crippen molar-refractivity contribution in [3.05, 3.63) is 35.9 Å². The zero-order chi connectivity index (χ0) is 15.4. The Labute approximate surface area is 137 Å². The number of halogens is 1. The summed E-state index contributed by atoms with van der Waals surface area (Å²) < 4.78 is 0. The molecular formula is C16H24ClN3O2. The van der Waals surface area contributed by atoms with Gasteiger partial charge in [0.25, 0.3) is 0 Å². The molecule has 0 aliphatic carbocycles. The van der Waals surface area contributed by atoms with E-state index in [2.05, 4.69) is 0 Å². The molecule has 2 N–H and O–H groups in total. The van der Waals surface area contributed by atoms with Gasteiger partial charge in [-0.05, 0) is 18.4 Å². The zero-order valence-corrected chi connectivity index (χ0v) is 13.9. The molecule has 1 aromatic carbocycles. The molecular weight excluding hydrogens is 302 g/mol. The number of nitrogens with two attached hydrogens (primary N) is 1. The highest BCUT2D eigenvalue weighted by Gasteiger charge is 2.35. The molecule has 122 valence electrons. The molecule has 1 fully saturated rings. The van der Waals surface area contributed by atoms with Crippen LogP contribution in [0.4, 0.5) is 0 Å². The smallest absolute Gasteiger partial charge is 0.244 e. The molecule has 2 unspecified atom stereocenters. The van der Waals surface area contributed by atoms with Gasteiger partial charge in [0.1, 0.15) is 6.04 Å². The van der Waals surface area contributed by atoms with Crippen molar-refractivity contribution >= 4 is 24.2 Å². The van der Waals surface area contributed by atoms with E-state index in [4.69, 9.17) is 5.73 Å². The molecule has 1 aromatic rings. The van der Waals surface area contributed by atoms with E-state index >= 15 is 0 Å². The quantitative estimate of drug-likeness (QED) is 0.914. The highest BCUT2D eigenvalue weighted by atomic mass is 35.5. The van der Waals surface area contributed by atoms with Gasteiger partial charge in [0.2, 0.25) is 11.8 Å². The fourth-order valence-electron chi connectivity index (χ4n) is 2.74. The SMILES string of the molecule is CN(C)C(=O)C1CCCN1C(=O)CC(N)c1ccccc1.Cl. The van der Waals surface area contributed by atoms with Crippen molar-refractivity contribution in [2.45, 2.75) is 31.3 Å². The number of rotatable bonds is 4. The predicted molar refractivity (Wildman–Crippen MR) is 88.7 cm³/mol. The van der Waals surface area contributed by atoms with E-state index in [0.717, 1.165) is 18.4 Å². The van der Waals surface area contributed by atoms with Gasteiger partial charge in [0, 0.05) is 33.1 Å². The second kappa shape index (κ2) is 8.15. The lowest BCUT2D eigenvalue weighted by atomic mass is 10.0. The third-order valence-electron chi connectivity index (χ3n) is 3.92. The molecule has 2 amide bonds. The summed E-state index contributed by atoms with van der Waals surface area (Å²) >= 11 is 0. The van der Waals surface area contributed by atoms with Crippen molar-refractivity contribution in [1.82, 2.24) is 9.80 Å². The second-order valence-electron chi connectivity index (χ2n) is 5.70. The molecule has 0 bridgehead atoms. The molecule has 2 atom stereocenters. The summed E-state index contributed by atoms with van der Waals surface area (Å²) in [6.07, 6.45) is 1.85. The minimum Gasteiger partial charge on any atom is -0.347 e. The number of likely N-dealkylation sites (tertiary alicyclic amines) is 1. The molecule has 1 aliphatic heterocycles. The first-order valence-electron chi connectivity index (χ1n) is 7.32. The lowest BCUT2D eigenvalue weighted by molar-refractivity contribution is -0.142. The Kier molecular flexibility index (Phi) is 6.84. The topological polar surface area (TPSA) is 66.6 Å². The van der Waals surface area contributed by atoms with Gasteiger partial charge < -0.3 is 15.5 Å². The Morgan fingerprint density at radius 1 is 1.32 bits per heavy atom. The molecule has 1 aliphatic rings. The monoisotopic (exact) mass is 325 g/mol. The molecule has 22 heavy (non-hydrogen) atoms. The molecule has 0 spiro atoms. The lowest BCUT2D eigenvalue weighted by Gasteiger charge is -2.27. The van der Waals surface area contributed by atoms with Crippen LogP contribution in [0.15, 0.2) is 30.3 Å². The summed E-state index contributed by atoms with van der Waals surface area (Å²) in [5.74, 6) is -0.0433. The normalized spacial score (nSPS) is 18.5. The van der Waals surface area contributed by atoms with E-state index in [-0.39, 0.29) is 42.7 Å². The maximum atomic E-state index is 12.4. The number of hydrogen-bond donors (Lipinski definition) is 1. The number of carbonyl (C=O) groups excluding carboxylic acids is 2. The Bertz CT molecular complexity index is 507. The standard InChI is InChI=1S/C16H23N3O2.ClH/c1-18(2)16(21)14-9-6-10-19(14)15(20)11-13(17)12-7-4-3-5-8-12;/h3-5,7-8,13-14H,6,9-11,17H2,1-2H3;1H. The van der Waals surface area contributed by atoms with Crippen LogP contribution in [0.5, 0.6) is 0 Å². The van der Waals surface area contributed by atoms with Crippen LogP contribution in [0.25, 0.3) is 0 Å². The molecule has 0 aromatic heterocycles. The second-order valence-corrected chi connectivity index (χ2v) is 5.70. The number of amides is 2. The average Bonchev–Trinajstić information content (AvgIpc) is 2.96. The first kappa shape index (κ1) is 18.5. The highest BCUT2D eigenvalue weighted by molar-refractivity contribution is 5.88. The van der Waals surface area contributed by atoms with Crippen LogP contribution in [0.3, 0.4) is 0 Å². The first-order chi connectivity index (χ1) is 10.0. The number of benzene rings is 1. The molecule has 1 saturated heterocycles. The van der Waals surface area contributed by atoms with Crippen molar-refractivity contribution in [2.24, 2.45) is 5.73 Å². The first-order valence-corrected chi connectivity index (χ1v) is 7.32. The summed E-state index contributed by atoms with van der Waals surface area (Å²) in [7, 11) is 3.44. The average molecular weight is 326 g/mol. The van der Waals surface area contributed by atoms with Crippen LogP contribution >= 0.6 is 12.4 Å². The van der Waals surface area contributed by atoms with Gasteiger partial charge in [-0.1, -0.05) is 30.3 Å². The minimum absolute atomic E-state index is 0. The molecule has 2 rings (SSSR count). The van der Waals surface area contributed by atoms with E-state index in [1.807, 2.05) is 30.3 Å². The predicted octanol–water partition coefficient (Wildman–Crippen LogP) is 1.58. The van der Waals surface area contributed by atoms with Crippen LogP contribution in [0, 0.1) is 0 Å². The van der Waals surface area contributed by atoms with Crippen molar-refractivity contribution in [2.75, 3.05) is 20.6 Å². The van der Waals surface area contributed by atoms with Crippen LogP contribution in [-0.2, 0) is 9.59 Å². The maximum absolute atomic E-state index is 12.4. The fraction of sp³-hybridized carbons (Fsp3) is 0.500. The zero-order valence-electron chi connectivity index (χ0n) is 13.1. The van der Waals surface area contributed by atoms with Gasteiger partial charge >= 0.3 is 0 Å². The number of nitrogens with zero attached hydrogens (tertiary/aromatic N) is 2. The van der Waals surface area contributed by atoms with Gasteiger partial charge in [-0.3, -0.25) is 9.59 Å². The van der Waals surface area contributed by atoms with Crippen molar-refractivity contribution in [1.29, 1.82) is 0 Å². The van der Waals surface area contributed by atoms with Gasteiger partial charge in [0.15, 0.2) is 0 Å². The fourth-order valence-corrected chi connectivity index (χ4v) is 2.74. The van der Waals surface area contributed by atoms with E-state index in [1.165, 1.54) is 0 Å². The van der Waals surface area contributed by atoms with Crippen LogP contribution < -0.4 is 5.73 Å². The summed E-state index contributed by atoms with van der Waals surface area (Å²) in [5.41, 5.74) is 7.05. The Hall–Kier alpha value is -1.59. The maximum Gasteiger partial charge on any atom is 0.244 e. The molecule has 0 radical (unpaired) electrons. The molecule has 1 heterocycles. The number of hydrogen-bond acceptors (Lipinski definition) is 3. The van der Waals surface area contributed by atoms with Gasteiger partial charge in [-0.2, -0.15) is 0 Å². The Balaban J connectivity index is 0.00000242. The Morgan fingerprint density at radius 2 is 1.95 bits per heavy atom. The van der Waals surface area contributed by atoms with Gasteiger partial charge in [-0.25, -0.2) is 0 Å². The summed E-state index contributed by atoms with van der Waals surface area (Å²) in [4.78, 5) is 27.8. The van der Waals surface area contributed by atoms with Gasteiger partial charge in [-0.15, -0.1) is 12.4 Å². The molecule has 5 nitrogen and oxygen atoms in total. The number of carbonyl (C=O) groups is 2. The van der Waals surface area contributed by atoms with E-state index in [1.54, 1.807) is 23.9 Å². The summed E-state index contributed by atoms with van der Waals surface area (Å²) in [5, 5.41) is 0.